The van der Waals surface area contributed by atoms with Gasteiger partial charge in [0.2, 0.25) is 0 Å². The van der Waals surface area contributed by atoms with Crippen LogP contribution >= 0.6 is 0 Å². The van der Waals surface area contributed by atoms with E-state index in [0.29, 0.717) is 12.0 Å². The number of hydrogen-bond donors (Lipinski definition) is 2. The van der Waals surface area contributed by atoms with Crippen molar-refractivity contribution in [2.75, 3.05) is 13.1 Å². The Morgan fingerprint density at radius 2 is 2.57 bits per heavy atom. The Bertz CT molecular complexity index is 270. The van der Waals surface area contributed by atoms with E-state index in [1.807, 2.05) is 6.07 Å². The molecule has 14 heavy (non-hydrogen) atoms. The third kappa shape index (κ3) is 2.13. The van der Waals surface area contributed by atoms with Crippen LogP contribution in [-0.4, -0.2) is 34.2 Å². The van der Waals surface area contributed by atoms with Crippen LogP contribution in [0.15, 0.2) is 12.3 Å². The van der Waals surface area contributed by atoms with Gasteiger partial charge in [0, 0.05) is 37.6 Å². The number of hydrogen-bond acceptors (Lipinski definition) is 3. The molecule has 1 fully saturated rings. The molecule has 1 aromatic heterocycles. The lowest BCUT2D eigenvalue weighted by atomic mass is 9.95. The molecule has 2 atom stereocenters. The second-order valence-corrected chi connectivity index (χ2v) is 4.25. The molecule has 4 nitrogen and oxygen atoms in total. The van der Waals surface area contributed by atoms with E-state index in [1.54, 1.807) is 6.20 Å². The van der Waals surface area contributed by atoms with Gasteiger partial charge in [-0.3, -0.25) is 10.00 Å². The van der Waals surface area contributed by atoms with Crippen molar-refractivity contribution < 1.29 is 0 Å². The van der Waals surface area contributed by atoms with Crippen molar-refractivity contribution in [3.8, 4) is 0 Å². The molecular weight excluding hydrogens is 176 g/mol. The molecule has 0 aromatic carbocycles. The predicted octanol–water partition coefficient (Wildman–Crippen LogP) is 0.579. The van der Waals surface area contributed by atoms with Crippen molar-refractivity contribution in [3.63, 3.8) is 0 Å². The summed E-state index contributed by atoms with van der Waals surface area (Å²) in [5.41, 5.74) is 7.15. The minimum Gasteiger partial charge on any atom is -0.327 e. The van der Waals surface area contributed by atoms with Gasteiger partial charge in [-0.2, -0.15) is 5.10 Å². The summed E-state index contributed by atoms with van der Waals surface area (Å²) in [6.45, 7) is 5.39. The van der Waals surface area contributed by atoms with Crippen molar-refractivity contribution >= 4 is 0 Å². The monoisotopic (exact) mass is 194 g/mol. The number of aromatic nitrogens is 2. The minimum absolute atomic E-state index is 0.382. The highest BCUT2D eigenvalue weighted by Gasteiger charge is 2.22. The van der Waals surface area contributed by atoms with Gasteiger partial charge in [-0.15, -0.1) is 0 Å². The summed E-state index contributed by atoms with van der Waals surface area (Å²) in [6.07, 6.45) is 2.91. The van der Waals surface area contributed by atoms with Crippen molar-refractivity contribution in [2.45, 2.75) is 25.9 Å². The van der Waals surface area contributed by atoms with E-state index in [4.69, 9.17) is 5.73 Å². The second kappa shape index (κ2) is 4.11. The molecule has 1 aliphatic heterocycles. The maximum atomic E-state index is 5.97. The zero-order valence-electron chi connectivity index (χ0n) is 8.61. The lowest BCUT2D eigenvalue weighted by Gasteiger charge is -2.34. The summed E-state index contributed by atoms with van der Waals surface area (Å²) in [5, 5.41) is 6.93. The molecule has 78 valence electrons. The van der Waals surface area contributed by atoms with Crippen LogP contribution in [0.2, 0.25) is 0 Å². The maximum Gasteiger partial charge on any atom is 0.0492 e. The molecule has 2 unspecified atom stereocenters. The molecule has 0 radical (unpaired) electrons. The van der Waals surface area contributed by atoms with Crippen LogP contribution in [0.5, 0.6) is 0 Å². The van der Waals surface area contributed by atoms with Gasteiger partial charge in [0.15, 0.2) is 0 Å². The number of nitrogens with one attached hydrogen (secondary N) is 1. The average molecular weight is 194 g/mol. The quantitative estimate of drug-likeness (QED) is 0.724. The summed E-state index contributed by atoms with van der Waals surface area (Å²) in [6, 6.07) is 2.41. The van der Waals surface area contributed by atoms with Gasteiger partial charge in [-0.1, -0.05) is 6.92 Å². The number of likely N-dealkylation sites (tertiary alicyclic amines) is 1. The summed E-state index contributed by atoms with van der Waals surface area (Å²) < 4.78 is 0. The average Bonchev–Trinajstić information content (AvgIpc) is 2.64. The first-order chi connectivity index (χ1) is 6.75. The molecule has 2 rings (SSSR count). The fourth-order valence-corrected chi connectivity index (χ4v) is 2.01. The van der Waals surface area contributed by atoms with E-state index in [-0.39, 0.29) is 0 Å². The Labute approximate surface area is 84.5 Å². The van der Waals surface area contributed by atoms with Crippen molar-refractivity contribution in [3.05, 3.63) is 18.0 Å². The molecule has 0 amide bonds. The lowest BCUT2D eigenvalue weighted by molar-refractivity contribution is 0.156. The first-order valence-electron chi connectivity index (χ1n) is 5.22. The van der Waals surface area contributed by atoms with E-state index in [0.717, 1.165) is 26.1 Å². The maximum absolute atomic E-state index is 5.97. The number of nitrogens with two attached hydrogens (primary N) is 1. The zero-order valence-corrected chi connectivity index (χ0v) is 8.61. The highest BCUT2D eigenvalue weighted by atomic mass is 15.2. The van der Waals surface area contributed by atoms with Gasteiger partial charge in [0.25, 0.3) is 0 Å². The van der Waals surface area contributed by atoms with Gasteiger partial charge in [-0.25, -0.2) is 0 Å². The molecule has 0 saturated carbocycles. The fraction of sp³-hybridized carbons (Fsp3) is 0.700. The topological polar surface area (TPSA) is 57.9 Å². The smallest absolute Gasteiger partial charge is 0.0492 e. The van der Waals surface area contributed by atoms with Gasteiger partial charge in [-0.05, 0) is 18.4 Å². The Morgan fingerprint density at radius 3 is 3.21 bits per heavy atom. The molecule has 0 bridgehead atoms. The fourth-order valence-electron chi connectivity index (χ4n) is 2.01. The van der Waals surface area contributed by atoms with Gasteiger partial charge >= 0.3 is 0 Å². The second-order valence-electron chi connectivity index (χ2n) is 4.25. The van der Waals surface area contributed by atoms with Gasteiger partial charge in [0.05, 0.1) is 0 Å². The van der Waals surface area contributed by atoms with Crippen molar-refractivity contribution in [1.29, 1.82) is 0 Å². The molecule has 2 heterocycles. The predicted molar refractivity (Wildman–Crippen MR) is 55.6 cm³/mol. The number of H-pyrrole nitrogens is 1. The molecular formula is C10H18N4. The Hall–Kier alpha value is -0.870. The van der Waals surface area contributed by atoms with Crippen molar-refractivity contribution in [1.82, 2.24) is 15.1 Å². The highest BCUT2D eigenvalue weighted by Crippen LogP contribution is 2.16. The molecule has 1 aliphatic rings. The van der Waals surface area contributed by atoms with E-state index in [2.05, 4.69) is 22.0 Å². The van der Waals surface area contributed by atoms with E-state index < -0.39 is 0 Å². The highest BCUT2D eigenvalue weighted by molar-refractivity contribution is 4.97. The molecule has 0 spiro atoms. The van der Waals surface area contributed by atoms with Crippen LogP contribution in [0.25, 0.3) is 0 Å². The minimum atomic E-state index is 0.382. The van der Waals surface area contributed by atoms with Gasteiger partial charge < -0.3 is 5.73 Å². The summed E-state index contributed by atoms with van der Waals surface area (Å²) >= 11 is 0. The Kier molecular flexibility index (Phi) is 2.84. The third-order valence-electron chi connectivity index (χ3n) is 3.01. The largest absolute Gasteiger partial charge is 0.327 e. The van der Waals surface area contributed by atoms with E-state index in [9.17, 15) is 0 Å². The number of piperidine rings is 1. The van der Waals surface area contributed by atoms with Gasteiger partial charge in [0.1, 0.15) is 0 Å². The first-order valence-corrected chi connectivity index (χ1v) is 5.22. The Balaban J connectivity index is 1.88. The summed E-state index contributed by atoms with van der Waals surface area (Å²) in [4.78, 5) is 2.43. The zero-order chi connectivity index (χ0) is 9.97. The van der Waals surface area contributed by atoms with Crippen LogP contribution < -0.4 is 5.73 Å². The molecule has 0 aliphatic carbocycles. The molecule has 1 aromatic rings. The standard InChI is InChI=1S/C10H18N4/c1-8-6-14(5-3-10(8)11)7-9-2-4-12-13-9/h2,4,8,10H,3,5-7,11H2,1H3,(H,12,13). The number of rotatable bonds is 2. The van der Waals surface area contributed by atoms with E-state index >= 15 is 0 Å². The van der Waals surface area contributed by atoms with Crippen LogP contribution in [-0.2, 0) is 6.54 Å². The molecule has 1 saturated heterocycles. The normalized spacial score (nSPS) is 29.3. The molecule has 3 N–H and O–H groups in total. The van der Waals surface area contributed by atoms with Crippen LogP contribution in [0.3, 0.4) is 0 Å². The summed E-state index contributed by atoms with van der Waals surface area (Å²) in [5.74, 6) is 0.603. The summed E-state index contributed by atoms with van der Waals surface area (Å²) in [7, 11) is 0. The molecule has 4 heteroatoms. The van der Waals surface area contributed by atoms with Crippen molar-refractivity contribution in [2.24, 2.45) is 11.7 Å². The van der Waals surface area contributed by atoms with Crippen LogP contribution in [0, 0.1) is 5.92 Å². The first kappa shape index (κ1) is 9.68. The third-order valence-corrected chi connectivity index (χ3v) is 3.01. The van der Waals surface area contributed by atoms with Crippen LogP contribution in [0.1, 0.15) is 19.0 Å². The SMILES string of the molecule is CC1CN(Cc2ccn[nH]2)CCC1N. The van der Waals surface area contributed by atoms with Crippen LogP contribution in [0.4, 0.5) is 0 Å². The Morgan fingerprint density at radius 1 is 1.71 bits per heavy atom. The number of nitrogens with zero attached hydrogens (tertiary/aromatic N) is 2. The number of aromatic amines is 1. The van der Waals surface area contributed by atoms with E-state index in [1.165, 1.54) is 5.69 Å². The lowest BCUT2D eigenvalue weighted by Crippen LogP contribution is -2.45.